The number of ether oxygens (including phenoxy) is 1. The number of hydrogen-bond donors (Lipinski definition) is 0. The van der Waals surface area contributed by atoms with E-state index >= 15 is 0 Å². The van der Waals surface area contributed by atoms with Crippen LogP contribution in [0.5, 0.6) is 5.75 Å². The highest BCUT2D eigenvalue weighted by Gasteiger charge is 2.31. The number of carbonyl (C=O) groups is 1. The largest absolute Gasteiger partial charge is 0.488 e. The minimum absolute atomic E-state index is 0.503. The summed E-state index contributed by atoms with van der Waals surface area (Å²) < 4.78 is 6.20. The number of benzene rings is 2. The van der Waals surface area contributed by atoms with Crippen LogP contribution in [0.15, 0.2) is 52.5 Å². The fourth-order valence-corrected chi connectivity index (χ4v) is 4.70. The Morgan fingerprint density at radius 1 is 1.06 bits per heavy atom. The molecule has 0 spiro atoms. The van der Waals surface area contributed by atoms with E-state index in [0.29, 0.717) is 12.0 Å². The van der Waals surface area contributed by atoms with Crippen molar-refractivity contribution >= 4 is 29.7 Å². The fourth-order valence-electron chi connectivity index (χ4n) is 4.10. The van der Waals surface area contributed by atoms with Crippen molar-refractivity contribution in [2.75, 3.05) is 6.26 Å². The Bertz CT molecular complexity index is 962. The Balaban J connectivity index is 2.23. The van der Waals surface area contributed by atoms with E-state index in [9.17, 15) is 9.70 Å². The van der Waals surface area contributed by atoms with Gasteiger partial charge in [-0.3, -0.25) is 4.79 Å². The van der Waals surface area contributed by atoms with Gasteiger partial charge in [-0.1, -0.05) is 55.3 Å². The molecule has 0 unspecified atom stereocenters. The van der Waals surface area contributed by atoms with E-state index in [1.165, 1.54) is 24.8 Å². The van der Waals surface area contributed by atoms with Crippen molar-refractivity contribution in [3.05, 3.63) is 64.1 Å². The summed E-state index contributed by atoms with van der Waals surface area (Å²) in [5.41, 5.74) is 2.60. The summed E-state index contributed by atoms with van der Waals surface area (Å²) in [4.78, 5) is 24.0. The van der Waals surface area contributed by atoms with Crippen LogP contribution in [0.2, 0.25) is 0 Å². The molecule has 0 N–H and O–H groups in total. The summed E-state index contributed by atoms with van der Waals surface area (Å²) in [6.45, 7) is 9.75. The summed E-state index contributed by atoms with van der Waals surface area (Å²) in [6, 6.07) is 14.2. The molecule has 0 saturated heterocycles. The smallest absolute Gasteiger partial charge is 0.150 e. The van der Waals surface area contributed by atoms with Gasteiger partial charge in [0.25, 0.3) is 0 Å². The number of rotatable bonds is 13. The molecule has 0 saturated carbocycles. The van der Waals surface area contributed by atoms with Crippen LogP contribution in [0.25, 0.3) is 11.6 Å². The highest BCUT2D eigenvalue weighted by Crippen LogP contribution is 2.33. The average molecular weight is 468 g/mol. The van der Waals surface area contributed by atoms with Gasteiger partial charge in [0, 0.05) is 16.9 Å². The van der Waals surface area contributed by atoms with Crippen molar-refractivity contribution in [1.82, 2.24) is 0 Å². The number of unbranched alkanes of at least 4 members (excludes halogenated alkanes) is 2. The molecule has 0 bridgehead atoms. The fraction of sp³-hybridized carbons (Fsp3) is 0.464. The van der Waals surface area contributed by atoms with Gasteiger partial charge in [-0.15, -0.1) is 11.8 Å². The van der Waals surface area contributed by atoms with Crippen LogP contribution in [0.3, 0.4) is 0 Å². The van der Waals surface area contributed by atoms with Gasteiger partial charge in [-0.25, -0.2) is 0 Å². The molecule has 33 heavy (non-hydrogen) atoms. The van der Waals surface area contributed by atoms with Gasteiger partial charge in [0.05, 0.1) is 0 Å². The van der Waals surface area contributed by atoms with Crippen LogP contribution >= 0.6 is 11.8 Å². The molecule has 4 nitrogen and oxygen atoms in total. The molecule has 2 rings (SSSR count). The first kappa shape index (κ1) is 26.8. The highest BCUT2D eigenvalue weighted by atomic mass is 32.2. The average Bonchev–Trinajstić information content (AvgIpc) is 2.78. The van der Waals surface area contributed by atoms with E-state index in [0.717, 1.165) is 34.5 Å². The van der Waals surface area contributed by atoms with Gasteiger partial charge in [0.1, 0.15) is 16.9 Å². The van der Waals surface area contributed by atoms with Gasteiger partial charge in [0.2, 0.25) is 0 Å². The molecule has 5 heteroatoms. The molecule has 0 atom stereocenters. The zero-order valence-corrected chi connectivity index (χ0v) is 21.6. The standard InChI is InChI=1S/C28H37NO3S/c1-7-8-9-10-21-11-13-22(14-12-21)24(19-30)17-23-15-16-25(18-26(23)33-6)32-28(4,5)20-27(2,3)29-31/h11-19H,7-10,20H2,1-6H3/b24-17+. The SMILES string of the molecule is CCCCCc1ccc(/C(C=O)=C/c2ccc(OC(C)(C)CC(C)(C)N=O)cc2SC)cc1. The van der Waals surface area contributed by atoms with Crippen molar-refractivity contribution in [2.45, 2.75) is 82.8 Å². The minimum Gasteiger partial charge on any atom is -0.488 e. The molecule has 0 fully saturated rings. The van der Waals surface area contributed by atoms with Crippen LogP contribution in [0.1, 0.15) is 77.0 Å². The van der Waals surface area contributed by atoms with E-state index < -0.39 is 11.1 Å². The summed E-state index contributed by atoms with van der Waals surface area (Å²) in [7, 11) is 0. The van der Waals surface area contributed by atoms with E-state index in [1.807, 2.05) is 70.4 Å². The van der Waals surface area contributed by atoms with E-state index in [4.69, 9.17) is 4.74 Å². The third-order valence-corrected chi connectivity index (χ3v) is 6.29. The van der Waals surface area contributed by atoms with Crippen molar-refractivity contribution in [3.8, 4) is 5.75 Å². The van der Waals surface area contributed by atoms with Crippen molar-refractivity contribution in [1.29, 1.82) is 0 Å². The molecule has 0 aliphatic rings. The summed E-state index contributed by atoms with van der Waals surface area (Å²) in [6.07, 6.45) is 10.1. The number of nitrogens with zero attached hydrogens (tertiary/aromatic N) is 1. The normalized spacial score (nSPS) is 12.5. The molecular weight excluding hydrogens is 430 g/mol. The van der Waals surface area contributed by atoms with E-state index in [-0.39, 0.29) is 0 Å². The van der Waals surface area contributed by atoms with Crippen LogP contribution in [-0.2, 0) is 11.2 Å². The lowest BCUT2D eigenvalue weighted by atomic mass is 9.90. The van der Waals surface area contributed by atoms with Crippen molar-refractivity contribution in [2.24, 2.45) is 5.18 Å². The molecule has 0 radical (unpaired) electrons. The first-order chi connectivity index (χ1) is 15.6. The summed E-state index contributed by atoms with van der Waals surface area (Å²) >= 11 is 1.61. The molecule has 0 aliphatic heterocycles. The Morgan fingerprint density at radius 3 is 2.33 bits per heavy atom. The first-order valence-electron chi connectivity index (χ1n) is 11.6. The molecule has 0 aliphatic carbocycles. The number of aldehydes is 1. The molecule has 2 aromatic rings. The van der Waals surface area contributed by atoms with Gasteiger partial charge >= 0.3 is 0 Å². The lowest BCUT2D eigenvalue weighted by molar-refractivity contribution is -0.103. The van der Waals surface area contributed by atoms with Crippen LogP contribution in [0, 0.1) is 4.91 Å². The van der Waals surface area contributed by atoms with Gasteiger partial charge < -0.3 is 4.74 Å². The lowest BCUT2D eigenvalue weighted by Gasteiger charge is -2.31. The second kappa shape index (κ2) is 12.2. The van der Waals surface area contributed by atoms with Crippen molar-refractivity contribution in [3.63, 3.8) is 0 Å². The first-order valence-corrected chi connectivity index (χ1v) is 12.8. The molecule has 2 aromatic carbocycles. The maximum absolute atomic E-state index is 11.9. The number of nitroso groups, excluding NO2 is 1. The van der Waals surface area contributed by atoms with Gasteiger partial charge in [-0.2, -0.15) is 4.91 Å². The molecule has 0 amide bonds. The number of carbonyl (C=O) groups excluding carboxylic acids is 1. The molecule has 0 aromatic heterocycles. The lowest BCUT2D eigenvalue weighted by Crippen LogP contribution is -2.36. The zero-order valence-electron chi connectivity index (χ0n) is 20.8. The second-order valence-electron chi connectivity index (χ2n) is 9.72. The Hall–Kier alpha value is -2.40. The predicted octanol–water partition coefficient (Wildman–Crippen LogP) is 7.97. The number of allylic oxidation sites excluding steroid dienone is 1. The summed E-state index contributed by atoms with van der Waals surface area (Å²) in [5, 5.41) is 3.21. The van der Waals surface area contributed by atoms with Crippen LogP contribution < -0.4 is 4.74 Å². The van der Waals surface area contributed by atoms with Crippen molar-refractivity contribution < 1.29 is 9.53 Å². The maximum atomic E-state index is 11.9. The van der Waals surface area contributed by atoms with Gasteiger partial charge in [-0.05, 0) is 81.7 Å². The molecular formula is C28H37NO3S. The molecule has 0 heterocycles. The van der Waals surface area contributed by atoms with Gasteiger partial charge in [0.15, 0.2) is 6.29 Å². The monoisotopic (exact) mass is 467 g/mol. The Labute approximate surface area is 203 Å². The Kier molecular flexibility index (Phi) is 9.90. The van der Waals surface area contributed by atoms with E-state index in [2.05, 4.69) is 24.2 Å². The van der Waals surface area contributed by atoms with Crippen LogP contribution in [-0.4, -0.2) is 23.7 Å². The minimum atomic E-state index is -0.696. The number of aryl methyl sites for hydroxylation is 1. The third-order valence-electron chi connectivity index (χ3n) is 5.50. The number of thioether (sulfide) groups is 1. The van der Waals surface area contributed by atoms with E-state index in [1.54, 1.807) is 11.8 Å². The maximum Gasteiger partial charge on any atom is 0.150 e. The zero-order chi connectivity index (χ0) is 24.5. The second-order valence-corrected chi connectivity index (χ2v) is 10.6. The molecule has 178 valence electrons. The topological polar surface area (TPSA) is 55.7 Å². The third kappa shape index (κ3) is 8.47. The Morgan fingerprint density at radius 2 is 1.76 bits per heavy atom. The quantitative estimate of drug-likeness (QED) is 0.0748. The highest BCUT2D eigenvalue weighted by molar-refractivity contribution is 7.98. The number of hydrogen-bond acceptors (Lipinski definition) is 5. The predicted molar refractivity (Wildman–Crippen MR) is 141 cm³/mol. The summed E-state index contributed by atoms with van der Waals surface area (Å²) in [5.74, 6) is 0.729. The van der Waals surface area contributed by atoms with Crippen LogP contribution in [0.4, 0.5) is 0 Å².